The molecule has 1 aliphatic carbocycles. The number of rotatable bonds is 3. The minimum Gasteiger partial charge on any atom is -0.444 e. The van der Waals surface area contributed by atoms with Gasteiger partial charge in [-0.15, -0.1) is 0 Å². The van der Waals surface area contributed by atoms with Crippen molar-refractivity contribution >= 4 is 6.09 Å². The fourth-order valence-electron chi connectivity index (χ4n) is 2.10. The number of halogens is 1. The molecule has 1 rings (SSSR count). The number of amides is 1. The van der Waals surface area contributed by atoms with Gasteiger partial charge in [-0.3, -0.25) is 0 Å². The van der Waals surface area contributed by atoms with E-state index in [-0.39, 0.29) is 19.1 Å². The molecule has 2 N–H and O–H groups in total. The van der Waals surface area contributed by atoms with E-state index in [1.807, 2.05) is 0 Å². The van der Waals surface area contributed by atoms with Gasteiger partial charge in [-0.25, -0.2) is 9.18 Å². The Morgan fingerprint density at radius 2 is 2.00 bits per heavy atom. The summed E-state index contributed by atoms with van der Waals surface area (Å²) in [5.74, 6) is 0.204. The van der Waals surface area contributed by atoms with E-state index in [1.54, 1.807) is 20.8 Å². The molecule has 0 aliphatic heterocycles. The highest BCUT2D eigenvalue weighted by Crippen LogP contribution is 2.34. The Hall–Kier alpha value is -0.840. The third kappa shape index (κ3) is 5.21. The van der Waals surface area contributed by atoms with Crippen LogP contribution in [0.3, 0.4) is 0 Å². The molecule has 1 aliphatic rings. The minimum atomic E-state index is -1.36. The second-order valence-corrected chi connectivity index (χ2v) is 6.13. The van der Waals surface area contributed by atoms with Gasteiger partial charge in [-0.2, -0.15) is 0 Å². The summed E-state index contributed by atoms with van der Waals surface area (Å²) in [7, 11) is 0. The number of alkyl halides is 1. The van der Waals surface area contributed by atoms with E-state index < -0.39 is 17.4 Å². The van der Waals surface area contributed by atoms with Crippen molar-refractivity contribution in [2.75, 3.05) is 13.2 Å². The molecule has 0 radical (unpaired) electrons. The molecule has 1 saturated carbocycles. The molecule has 0 unspecified atom stereocenters. The molecular formula is C13H24FNO3. The first kappa shape index (κ1) is 15.2. The molecule has 106 valence electrons. The number of nitrogens with one attached hydrogen (secondary N) is 1. The molecule has 0 spiro atoms. The quantitative estimate of drug-likeness (QED) is 0.820. The van der Waals surface area contributed by atoms with E-state index in [0.29, 0.717) is 25.7 Å². The largest absolute Gasteiger partial charge is 0.444 e. The second kappa shape index (κ2) is 5.87. The Labute approximate surface area is 108 Å². The van der Waals surface area contributed by atoms with Gasteiger partial charge in [0.1, 0.15) is 11.3 Å². The van der Waals surface area contributed by atoms with Crippen molar-refractivity contribution in [3.05, 3.63) is 0 Å². The summed E-state index contributed by atoms with van der Waals surface area (Å²) in [5.41, 5.74) is -1.93. The van der Waals surface area contributed by atoms with E-state index in [9.17, 15) is 9.18 Å². The standard InChI is InChI=1S/C13H24FNO3/c1-12(2,3)18-11(17)15-9-13(14)6-4-10(8-16)5-7-13/h10,16H,4-9H2,1-3H3,(H,15,17). The van der Waals surface area contributed by atoms with Gasteiger partial charge < -0.3 is 15.2 Å². The monoisotopic (exact) mass is 261 g/mol. The molecule has 5 heteroatoms. The fourth-order valence-corrected chi connectivity index (χ4v) is 2.10. The predicted molar refractivity (Wildman–Crippen MR) is 67.1 cm³/mol. The lowest BCUT2D eigenvalue weighted by Crippen LogP contribution is -2.44. The van der Waals surface area contributed by atoms with Gasteiger partial charge in [0, 0.05) is 6.61 Å². The Morgan fingerprint density at radius 3 is 2.44 bits per heavy atom. The summed E-state index contributed by atoms with van der Waals surface area (Å²) >= 11 is 0. The van der Waals surface area contributed by atoms with E-state index in [4.69, 9.17) is 9.84 Å². The van der Waals surface area contributed by atoms with Crippen LogP contribution in [-0.2, 0) is 4.74 Å². The highest BCUT2D eigenvalue weighted by molar-refractivity contribution is 5.67. The summed E-state index contributed by atoms with van der Waals surface area (Å²) in [5, 5.41) is 11.5. The summed E-state index contributed by atoms with van der Waals surface area (Å²) in [6, 6.07) is 0. The van der Waals surface area contributed by atoms with Crippen LogP contribution in [-0.4, -0.2) is 35.6 Å². The van der Waals surface area contributed by atoms with Crippen LogP contribution in [0.4, 0.5) is 9.18 Å². The molecule has 0 aromatic heterocycles. The molecule has 1 amide bonds. The number of carbonyl (C=O) groups excluding carboxylic acids is 1. The van der Waals surface area contributed by atoms with Crippen LogP contribution in [0.5, 0.6) is 0 Å². The second-order valence-electron chi connectivity index (χ2n) is 6.13. The Kier molecular flexibility index (Phi) is 4.96. The molecule has 0 aromatic carbocycles. The zero-order valence-corrected chi connectivity index (χ0v) is 11.5. The highest BCUT2D eigenvalue weighted by atomic mass is 19.1. The van der Waals surface area contributed by atoms with Gasteiger partial charge in [0.2, 0.25) is 0 Å². The molecule has 0 atom stereocenters. The van der Waals surface area contributed by atoms with Crippen LogP contribution in [0.1, 0.15) is 46.5 Å². The average molecular weight is 261 g/mol. The van der Waals surface area contributed by atoms with E-state index in [0.717, 1.165) is 0 Å². The van der Waals surface area contributed by atoms with Crippen molar-refractivity contribution in [1.82, 2.24) is 5.32 Å². The number of aliphatic hydroxyl groups is 1. The average Bonchev–Trinajstić information content (AvgIpc) is 2.26. The molecule has 18 heavy (non-hydrogen) atoms. The first-order chi connectivity index (χ1) is 8.24. The molecule has 4 nitrogen and oxygen atoms in total. The van der Waals surface area contributed by atoms with Crippen LogP contribution >= 0.6 is 0 Å². The van der Waals surface area contributed by atoms with Crippen LogP contribution < -0.4 is 5.32 Å². The van der Waals surface area contributed by atoms with E-state index >= 15 is 0 Å². The Bertz CT molecular complexity index is 280. The topological polar surface area (TPSA) is 58.6 Å². The number of alkyl carbamates (subject to hydrolysis) is 1. The Morgan fingerprint density at radius 1 is 1.44 bits per heavy atom. The first-order valence-electron chi connectivity index (χ1n) is 6.51. The first-order valence-corrected chi connectivity index (χ1v) is 6.51. The molecule has 0 aromatic rings. The summed E-state index contributed by atoms with van der Waals surface area (Å²) in [6.07, 6.45) is 1.53. The maximum absolute atomic E-state index is 14.3. The number of aliphatic hydroxyl groups excluding tert-OH is 1. The molecular weight excluding hydrogens is 237 g/mol. The normalized spacial score (nSPS) is 28.8. The van der Waals surface area contributed by atoms with Crippen molar-refractivity contribution in [3.63, 3.8) is 0 Å². The van der Waals surface area contributed by atoms with Gasteiger partial charge in [0.25, 0.3) is 0 Å². The summed E-state index contributed by atoms with van der Waals surface area (Å²) < 4.78 is 19.4. The molecule has 0 saturated heterocycles. The third-order valence-corrected chi connectivity index (χ3v) is 3.21. The van der Waals surface area contributed by atoms with Crippen molar-refractivity contribution in [3.8, 4) is 0 Å². The van der Waals surface area contributed by atoms with Crippen LogP contribution in [0, 0.1) is 5.92 Å². The van der Waals surface area contributed by atoms with Crippen molar-refractivity contribution in [2.45, 2.75) is 57.7 Å². The lowest BCUT2D eigenvalue weighted by Gasteiger charge is -2.33. The van der Waals surface area contributed by atoms with Crippen LogP contribution in [0.2, 0.25) is 0 Å². The zero-order chi connectivity index (χ0) is 13.8. The van der Waals surface area contributed by atoms with E-state index in [1.165, 1.54) is 0 Å². The molecule has 0 heterocycles. The highest BCUT2D eigenvalue weighted by Gasteiger charge is 2.35. The van der Waals surface area contributed by atoms with Gasteiger partial charge >= 0.3 is 6.09 Å². The lowest BCUT2D eigenvalue weighted by atomic mass is 9.80. The third-order valence-electron chi connectivity index (χ3n) is 3.21. The maximum Gasteiger partial charge on any atom is 0.407 e. The summed E-state index contributed by atoms with van der Waals surface area (Å²) in [4.78, 5) is 11.4. The zero-order valence-electron chi connectivity index (χ0n) is 11.5. The fraction of sp³-hybridized carbons (Fsp3) is 0.923. The maximum atomic E-state index is 14.3. The van der Waals surface area contributed by atoms with Crippen LogP contribution in [0.15, 0.2) is 0 Å². The van der Waals surface area contributed by atoms with Crippen molar-refractivity contribution < 1.29 is 19.0 Å². The van der Waals surface area contributed by atoms with Gasteiger partial charge in [0.15, 0.2) is 0 Å². The minimum absolute atomic E-state index is 0.0138. The SMILES string of the molecule is CC(C)(C)OC(=O)NCC1(F)CCC(CO)CC1. The van der Waals surface area contributed by atoms with Gasteiger partial charge in [-0.05, 0) is 52.4 Å². The van der Waals surface area contributed by atoms with E-state index in [2.05, 4.69) is 5.32 Å². The smallest absolute Gasteiger partial charge is 0.407 e. The number of hydrogen-bond donors (Lipinski definition) is 2. The molecule has 1 fully saturated rings. The number of carbonyl (C=O) groups is 1. The predicted octanol–water partition coefficient (Wildman–Crippen LogP) is 2.40. The number of hydrogen-bond acceptors (Lipinski definition) is 3. The Balaban J connectivity index is 2.32. The van der Waals surface area contributed by atoms with Crippen molar-refractivity contribution in [2.24, 2.45) is 5.92 Å². The van der Waals surface area contributed by atoms with Gasteiger partial charge in [-0.1, -0.05) is 0 Å². The van der Waals surface area contributed by atoms with Crippen LogP contribution in [0.25, 0.3) is 0 Å². The van der Waals surface area contributed by atoms with Gasteiger partial charge in [0.05, 0.1) is 6.54 Å². The summed E-state index contributed by atoms with van der Waals surface area (Å²) in [6.45, 7) is 5.41. The van der Waals surface area contributed by atoms with Crippen molar-refractivity contribution in [1.29, 1.82) is 0 Å². The number of ether oxygens (including phenoxy) is 1. The lowest BCUT2D eigenvalue weighted by molar-refractivity contribution is 0.0368. The molecule has 0 bridgehead atoms.